The molecule has 0 amide bonds. The normalized spacial score (nSPS) is 43.5. The van der Waals surface area contributed by atoms with Gasteiger partial charge >= 0.3 is 11.9 Å². The zero-order chi connectivity index (χ0) is 17.9. The SMILES string of the molecule is CC1=CC(=O)CC2C1CCC(C)C21CC(C2=CC(=O)OC2O)OC1=O. The van der Waals surface area contributed by atoms with Crippen molar-refractivity contribution in [1.29, 1.82) is 0 Å². The lowest BCUT2D eigenvalue weighted by molar-refractivity contribution is -0.158. The number of esters is 2. The molecule has 1 saturated carbocycles. The zero-order valence-corrected chi connectivity index (χ0v) is 14.4. The minimum absolute atomic E-state index is 0.0575. The number of carbonyl (C=O) groups is 3. The van der Waals surface area contributed by atoms with Crippen molar-refractivity contribution in [2.45, 2.75) is 51.9 Å². The van der Waals surface area contributed by atoms with Crippen molar-refractivity contribution in [3.63, 3.8) is 0 Å². The van der Waals surface area contributed by atoms with Gasteiger partial charge in [0.05, 0.1) is 5.41 Å². The highest BCUT2D eigenvalue weighted by atomic mass is 16.6. The van der Waals surface area contributed by atoms with Gasteiger partial charge in [0, 0.05) is 24.5 Å². The van der Waals surface area contributed by atoms with Crippen LogP contribution >= 0.6 is 0 Å². The van der Waals surface area contributed by atoms with Crippen LogP contribution in [0.15, 0.2) is 23.3 Å². The van der Waals surface area contributed by atoms with Crippen molar-refractivity contribution >= 4 is 17.7 Å². The summed E-state index contributed by atoms with van der Waals surface area (Å²) in [4.78, 5) is 36.6. The maximum atomic E-state index is 13.0. The highest BCUT2D eigenvalue weighted by molar-refractivity contribution is 5.93. The van der Waals surface area contributed by atoms with Gasteiger partial charge in [-0.15, -0.1) is 0 Å². The summed E-state index contributed by atoms with van der Waals surface area (Å²) in [5.41, 5.74) is 0.603. The number of ketones is 1. The van der Waals surface area contributed by atoms with E-state index < -0.39 is 23.8 Å². The first-order valence-corrected chi connectivity index (χ1v) is 8.85. The third kappa shape index (κ3) is 2.30. The van der Waals surface area contributed by atoms with E-state index in [9.17, 15) is 19.5 Å². The summed E-state index contributed by atoms with van der Waals surface area (Å²) in [6.45, 7) is 4.00. The van der Waals surface area contributed by atoms with E-state index in [1.807, 2.05) is 13.8 Å². The quantitative estimate of drug-likeness (QED) is 0.727. The summed E-state index contributed by atoms with van der Waals surface area (Å²) in [6, 6.07) is 0. The van der Waals surface area contributed by atoms with Crippen LogP contribution in [0.4, 0.5) is 0 Å². The molecule has 0 bridgehead atoms. The standard InChI is InChI=1S/C19H22O6/c1-9-5-11(20)6-14-12(9)4-3-10(2)19(14)8-15(24-18(19)23)13-7-16(21)25-17(13)22/h5,7,10,12,14-15,17,22H,3-4,6,8H2,1-2H3. The molecular formula is C19H22O6. The van der Waals surface area contributed by atoms with E-state index >= 15 is 0 Å². The smallest absolute Gasteiger partial charge is 0.333 e. The first kappa shape index (κ1) is 16.5. The van der Waals surface area contributed by atoms with E-state index in [1.54, 1.807) is 6.08 Å². The molecule has 6 unspecified atom stereocenters. The van der Waals surface area contributed by atoms with Crippen LogP contribution in [0.5, 0.6) is 0 Å². The Labute approximate surface area is 145 Å². The van der Waals surface area contributed by atoms with Gasteiger partial charge in [-0.25, -0.2) is 4.79 Å². The molecule has 4 aliphatic rings. The first-order valence-electron chi connectivity index (χ1n) is 8.85. The van der Waals surface area contributed by atoms with Gasteiger partial charge in [-0.3, -0.25) is 9.59 Å². The zero-order valence-electron chi connectivity index (χ0n) is 14.4. The van der Waals surface area contributed by atoms with Gasteiger partial charge in [-0.1, -0.05) is 12.5 Å². The van der Waals surface area contributed by atoms with E-state index in [-0.39, 0.29) is 29.5 Å². The largest absolute Gasteiger partial charge is 0.457 e. The van der Waals surface area contributed by atoms with Crippen molar-refractivity contribution in [2.75, 3.05) is 0 Å². The Bertz CT molecular complexity index is 719. The second-order valence-electron chi connectivity index (χ2n) is 7.82. The van der Waals surface area contributed by atoms with Crippen LogP contribution in [0, 0.1) is 23.2 Å². The molecule has 6 heteroatoms. The number of ether oxygens (including phenoxy) is 2. The van der Waals surface area contributed by atoms with Crippen LogP contribution in [0.3, 0.4) is 0 Å². The Hall–Kier alpha value is -1.95. The van der Waals surface area contributed by atoms with Gasteiger partial charge in [0.25, 0.3) is 0 Å². The fourth-order valence-electron chi connectivity index (χ4n) is 5.35. The fraction of sp³-hybridized carbons (Fsp3) is 0.632. The molecule has 4 rings (SSSR count). The molecule has 0 aromatic heterocycles. The van der Waals surface area contributed by atoms with Gasteiger partial charge in [0.15, 0.2) is 5.78 Å². The van der Waals surface area contributed by atoms with Gasteiger partial charge < -0.3 is 14.6 Å². The van der Waals surface area contributed by atoms with Gasteiger partial charge in [-0.05, 0) is 43.6 Å². The van der Waals surface area contributed by atoms with Crippen molar-refractivity contribution in [3.05, 3.63) is 23.3 Å². The minimum atomic E-state index is -1.36. The van der Waals surface area contributed by atoms with Crippen LogP contribution in [-0.4, -0.2) is 35.2 Å². The maximum Gasteiger partial charge on any atom is 0.333 e. The molecule has 6 nitrogen and oxygen atoms in total. The van der Waals surface area contributed by atoms with Crippen LogP contribution in [-0.2, 0) is 23.9 Å². The number of carbonyl (C=O) groups excluding carboxylic acids is 3. The molecule has 25 heavy (non-hydrogen) atoms. The number of aliphatic hydroxyl groups excluding tert-OH is 1. The Kier molecular flexibility index (Phi) is 3.65. The van der Waals surface area contributed by atoms with E-state index in [0.29, 0.717) is 18.4 Å². The summed E-state index contributed by atoms with van der Waals surface area (Å²) < 4.78 is 10.4. The number of cyclic esters (lactones) is 2. The average Bonchev–Trinajstić information content (AvgIpc) is 3.04. The Morgan fingerprint density at radius 3 is 2.60 bits per heavy atom. The molecule has 6 atom stereocenters. The molecule has 1 saturated heterocycles. The van der Waals surface area contributed by atoms with E-state index in [4.69, 9.17) is 9.47 Å². The highest BCUT2D eigenvalue weighted by Gasteiger charge is 2.62. The molecule has 2 aliphatic carbocycles. The monoisotopic (exact) mass is 346 g/mol. The number of allylic oxidation sites excluding steroid dienone is 2. The van der Waals surface area contributed by atoms with Gasteiger partial charge in [0.1, 0.15) is 6.10 Å². The molecule has 0 radical (unpaired) electrons. The number of hydrogen-bond acceptors (Lipinski definition) is 6. The number of fused-ring (bicyclic) bond motifs is 2. The summed E-state index contributed by atoms with van der Waals surface area (Å²) in [7, 11) is 0. The van der Waals surface area contributed by atoms with Gasteiger partial charge in [0.2, 0.25) is 6.29 Å². The number of aliphatic hydroxyl groups is 1. The lowest BCUT2D eigenvalue weighted by Crippen LogP contribution is -2.50. The Morgan fingerprint density at radius 2 is 1.92 bits per heavy atom. The predicted molar refractivity (Wildman–Crippen MR) is 85.9 cm³/mol. The van der Waals surface area contributed by atoms with Crippen molar-refractivity contribution in [1.82, 2.24) is 0 Å². The second-order valence-corrected chi connectivity index (χ2v) is 7.82. The summed E-state index contributed by atoms with van der Waals surface area (Å²) in [6.07, 6.45) is 3.48. The van der Waals surface area contributed by atoms with Crippen LogP contribution in [0.2, 0.25) is 0 Å². The van der Waals surface area contributed by atoms with Crippen molar-refractivity contribution in [3.8, 4) is 0 Å². The van der Waals surface area contributed by atoms with Crippen LogP contribution in [0.1, 0.15) is 39.5 Å². The molecule has 134 valence electrons. The molecular weight excluding hydrogens is 324 g/mol. The Balaban J connectivity index is 1.71. The van der Waals surface area contributed by atoms with E-state index in [0.717, 1.165) is 18.4 Å². The third-order valence-electron chi connectivity index (χ3n) is 6.65. The minimum Gasteiger partial charge on any atom is -0.457 e. The fourth-order valence-corrected chi connectivity index (χ4v) is 5.35. The van der Waals surface area contributed by atoms with Crippen molar-refractivity contribution in [2.24, 2.45) is 23.2 Å². The topological polar surface area (TPSA) is 89.9 Å². The lowest BCUT2D eigenvalue weighted by atomic mass is 9.52. The number of rotatable bonds is 1. The molecule has 2 aliphatic heterocycles. The summed E-state index contributed by atoms with van der Waals surface area (Å²) in [5, 5.41) is 9.91. The summed E-state index contributed by atoms with van der Waals surface area (Å²) in [5.74, 6) is -0.666. The number of hydrogen-bond donors (Lipinski definition) is 1. The lowest BCUT2D eigenvalue weighted by Gasteiger charge is -2.49. The third-order valence-corrected chi connectivity index (χ3v) is 6.65. The molecule has 2 heterocycles. The van der Waals surface area contributed by atoms with Crippen LogP contribution in [0.25, 0.3) is 0 Å². The van der Waals surface area contributed by atoms with Crippen LogP contribution < -0.4 is 0 Å². The molecule has 1 spiro atoms. The molecule has 2 fully saturated rings. The van der Waals surface area contributed by atoms with Gasteiger partial charge in [-0.2, -0.15) is 0 Å². The van der Waals surface area contributed by atoms with Crippen molar-refractivity contribution < 1.29 is 29.0 Å². The Morgan fingerprint density at radius 1 is 1.16 bits per heavy atom. The van der Waals surface area contributed by atoms with E-state index in [2.05, 4.69) is 0 Å². The first-order chi connectivity index (χ1) is 11.8. The average molecular weight is 346 g/mol. The molecule has 0 aromatic carbocycles. The summed E-state index contributed by atoms with van der Waals surface area (Å²) >= 11 is 0. The second kappa shape index (κ2) is 5.53. The predicted octanol–water partition coefficient (Wildman–Crippen LogP) is 1.67. The molecule has 0 aromatic rings. The molecule has 1 N–H and O–H groups in total. The van der Waals surface area contributed by atoms with E-state index in [1.165, 1.54) is 6.08 Å². The maximum absolute atomic E-state index is 13.0. The highest BCUT2D eigenvalue weighted by Crippen LogP contribution is 2.59.